The van der Waals surface area contributed by atoms with Gasteiger partial charge in [0.1, 0.15) is 5.69 Å². The van der Waals surface area contributed by atoms with Gasteiger partial charge in [0.15, 0.2) is 0 Å². The fraction of sp³-hybridized carbons (Fsp3) is 0.280. The maximum atomic E-state index is 13.5. The number of nitrogens with zero attached hydrogens (tertiary/aromatic N) is 6. The van der Waals surface area contributed by atoms with Crippen molar-refractivity contribution in [3.63, 3.8) is 0 Å². The lowest BCUT2D eigenvalue weighted by atomic mass is 10.1. The van der Waals surface area contributed by atoms with E-state index in [0.29, 0.717) is 11.4 Å². The monoisotopic (exact) mass is 513 g/mol. The van der Waals surface area contributed by atoms with Crippen LogP contribution in [0.5, 0.6) is 0 Å². The van der Waals surface area contributed by atoms with E-state index in [9.17, 15) is 18.0 Å². The predicted molar refractivity (Wildman–Crippen MR) is 133 cm³/mol. The first-order valence-electron chi connectivity index (χ1n) is 11.4. The first-order chi connectivity index (χ1) is 17.5. The molecule has 0 atom stereocenters. The number of alkyl halides is 3. The van der Waals surface area contributed by atoms with Gasteiger partial charge in [-0.2, -0.15) is 18.3 Å². The van der Waals surface area contributed by atoms with Crippen LogP contribution in [-0.2, 0) is 13.2 Å². The number of aliphatic hydroxyl groups is 1. The molecule has 2 aromatic carbocycles. The number of nitrogens with one attached hydrogen (secondary N) is 1. The number of halogens is 3. The number of rotatable bonds is 7. The molecule has 0 unspecified atom stereocenters. The average molecular weight is 514 g/mol. The molecule has 0 bridgehead atoms. The molecule has 1 amide bonds. The van der Waals surface area contributed by atoms with E-state index < -0.39 is 17.6 Å². The molecule has 0 saturated carbocycles. The highest BCUT2D eigenvalue weighted by molar-refractivity contribution is 6.05. The van der Waals surface area contributed by atoms with Crippen molar-refractivity contribution in [1.82, 2.24) is 24.8 Å². The first kappa shape index (κ1) is 25.9. The highest BCUT2D eigenvalue weighted by Gasteiger charge is 2.32. The molecular weight excluding hydrogens is 487 g/mol. The van der Waals surface area contributed by atoms with Gasteiger partial charge in [0.05, 0.1) is 30.3 Å². The molecule has 12 heteroatoms. The summed E-state index contributed by atoms with van der Waals surface area (Å²) in [6.07, 6.45) is -1.18. The Hall–Kier alpha value is -4.19. The number of hydrogen-bond donors (Lipinski definition) is 2. The Morgan fingerprint density at radius 3 is 2.57 bits per heavy atom. The second-order valence-corrected chi connectivity index (χ2v) is 8.68. The van der Waals surface area contributed by atoms with E-state index >= 15 is 0 Å². The van der Waals surface area contributed by atoms with Gasteiger partial charge >= 0.3 is 6.18 Å². The van der Waals surface area contributed by atoms with Gasteiger partial charge in [-0.05, 0) is 49.7 Å². The highest BCUT2D eigenvalue weighted by atomic mass is 19.4. The maximum Gasteiger partial charge on any atom is 0.416 e. The Labute approximate surface area is 211 Å². The minimum atomic E-state index is -4.61. The lowest BCUT2D eigenvalue weighted by Crippen LogP contribution is -2.22. The van der Waals surface area contributed by atoms with Crippen molar-refractivity contribution in [2.75, 3.05) is 30.4 Å². The van der Waals surface area contributed by atoms with Crippen LogP contribution >= 0.6 is 0 Å². The number of anilines is 2. The van der Waals surface area contributed by atoms with Gasteiger partial charge in [0.2, 0.25) is 0 Å². The van der Waals surface area contributed by atoms with Crippen LogP contribution in [0.2, 0.25) is 0 Å². The van der Waals surface area contributed by atoms with Crippen LogP contribution in [0.4, 0.5) is 24.5 Å². The average Bonchev–Trinajstić information content (AvgIpc) is 3.45. The summed E-state index contributed by atoms with van der Waals surface area (Å²) >= 11 is 0. The predicted octanol–water partition coefficient (Wildman–Crippen LogP) is 3.98. The number of likely N-dealkylation sites (N-methyl/N-ethyl adjacent to an activating group) is 1. The molecule has 0 fully saturated rings. The summed E-state index contributed by atoms with van der Waals surface area (Å²) in [5.74, 6) is -0.584. The molecule has 2 heterocycles. The summed E-state index contributed by atoms with van der Waals surface area (Å²) in [5, 5.41) is 24.4. The third kappa shape index (κ3) is 5.48. The number of carbonyl (C=O) groups is 1. The van der Waals surface area contributed by atoms with E-state index in [-0.39, 0.29) is 30.1 Å². The molecule has 4 aromatic rings. The maximum absolute atomic E-state index is 13.5. The molecule has 0 spiro atoms. The summed E-state index contributed by atoms with van der Waals surface area (Å²) in [5.41, 5.74) is 3.30. The Kier molecular flexibility index (Phi) is 7.03. The third-order valence-corrected chi connectivity index (χ3v) is 6.10. The van der Waals surface area contributed by atoms with Gasteiger partial charge in [-0.25, -0.2) is 4.68 Å². The Bertz CT molecular complexity index is 1440. The smallest absolute Gasteiger partial charge is 0.395 e. The fourth-order valence-electron chi connectivity index (χ4n) is 3.80. The Balaban J connectivity index is 1.63. The van der Waals surface area contributed by atoms with Crippen LogP contribution in [0.3, 0.4) is 0 Å². The number of aryl methyl sites for hydroxylation is 2. The van der Waals surface area contributed by atoms with E-state index in [1.54, 1.807) is 47.0 Å². The molecule has 2 aromatic heterocycles. The quantitative estimate of drug-likeness (QED) is 0.388. The molecule has 0 radical (unpaired) electrons. The molecule has 0 aliphatic rings. The number of aromatic nitrogens is 5. The van der Waals surface area contributed by atoms with Gasteiger partial charge in [-0.1, -0.05) is 11.3 Å². The highest BCUT2D eigenvalue weighted by Crippen LogP contribution is 2.34. The number of carbonyl (C=O) groups excluding carboxylic acids is 1. The number of aliphatic hydroxyl groups excluding tert-OH is 1. The van der Waals surface area contributed by atoms with Crippen LogP contribution in [0, 0.1) is 13.8 Å². The van der Waals surface area contributed by atoms with E-state index in [1.165, 1.54) is 11.0 Å². The van der Waals surface area contributed by atoms with Crippen molar-refractivity contribution in [1.29, 1.82) is 0 Å². The summed E-state index contributed by atoms with van der Waals surface area (Å²) in [6, 6.07) is 8.20. The van der Waals surface area contributed by atoms with Gasteiger partial charge < -0.3 is 15.3 Å². The summed E-state index contributed by atoms with van der Waals surface area (Å²) in [7, 11) is 3.39. The lowest BCUT2D eigenvalue weighted by Gasteiger charge is -2.21. The minimum absolute atomic E-state index is 0.0168. The zero-order valence-electron chi connectivity index (χ0n) is 20.7. The van der Waals surface area contributed by atoms with E-state index in [1.807, 2.05) is 20.9 Å². The molecule has 0 aliphatic carbocycles. The van der Waals surface area contributed by atoms with Crippen molar-refractivity contribution in [3.05, 3.63) is 71.2 Å². The van der Waals surface area contributed by atoms with Crippen molar-refractivity contribution in [2.24, 2.45) is 7.05 Å². The zero-order valence-corrected chi connectivity index (χ0v) is 20.7. The minimum Gasteiger partial charge on any atom is -0.395 e. The molecule has 0 saturated heterocycles. The normalized spacial score (nSPS) is 11.6. The Morgan fingerprint density at radius 2 is 1.92 bits per heavy atom. The van der Waals surface area contributed by atoms with Crippen molar-refractivity contribution in [2.45, 2.75) is 20.0 Å². The molecule has 2 N–H and O–H groups in total. The molecule has 9 nitrogen and oxygen atoms in total. The van der Waals surface area contributed by atoms with Gasteiger partial charge in [0, 0.05) is 48.8 Å². The second kappa shape index (κ2) is 10.1. The van der Waals surface area contributed by atoms with Crippen molar-refractivity contribution in [3.8, 4) is 16.9 Å². The van der Waals surface area contributed by atoms with Gasteiger partial charge in [-0.15, -0.1) is 5.10 Å². The van der Waals surface area contributed by atoms with Crippen LogP contribution < -0.4 is 10.2 Å². The van der Waals surface area contributed by atoms with Crippen LogP contribution in [0.1, 0.15) is 27.2 Å². The number of benzene rings is 2. The zero-order chi connectivity index (χ0) is 26.9. The summed E-state index contributed by atoms with van der Waals surface area (Å²) in [4.78, 5) is 14.5. The molecule has 4 rings (SSSR count). The van der Waals surface area contributed by atoms with Crippen LogP contribution in [-0.4, -0.2) is 56.0 Å². The van der Waals surface area contributed by atoms with E-state index in [2.05, 4.69) is 20.7 Å². The molecule has 37 heavy (non-hydrogen) atoms. The number of hydrogen-bond acceptors (Lipinski definition) is 6. The van der Waals surface area contributed by atoms with E-state index in [4.69, 9.17) is 5.11 Å². The largest absolute Gasteiger partial charge is 0.416 e. The van der Waals surface area contributed by atoms with Gasteiger partial charge in [0.25, 0.3) is 5.91 Å². The third-order valence-electron chi connectivity index (χ3n) is 6.10. The second-order valence-electron chi connectivity index (χ2n) is 8.68. The summed E-state index contributed by atoms with van der Waals surface area (Å²) in [6.45, 7) is 3.67. The molecular formula is C25H26F3N7O2. The summed E-state index contributed by atoms with van der Waals surface area (Å²) < 4.78 is 43.7. The molecule has 194 valence electrons. The van der Waals surface area contributed by atoms with Crippen molar-refractivity contribution < 1.29 is 23.1 Å². The Morgan fingerprint density at radius 1 is 1.16 bits per heavy atom. The van der Waals surface area contributed by atoms with Gasteiger partial charge in [-0.3, -0.25) is 9.48 Å². The topological polar surface area (TPSA) is 101 Å². The SMILES string of the molecule is Cc1ccc(C(=O)Nc2cc(N(C)CCO)cc(C(F)(F)F)c2)cc1-n1cc(-c2cnn(C)c2C)nn1. The van der Waals surface area contributed by atoms with Crippen LogP contribution in [0.25, 0.3) is 16.9 Å². The van der Waals surface area contributed by atoms with E-state index in [0.717, 1.165) is 29.0 Å². The number of amides is 1. The van der Waals surface area contributed by atoms with Crippen LogP contribution in [0.15, 0.2) is 48.8 Å². The van der Waals surface area contributed by atoms with Crippen molar-refractivity contribution >= 4 is 17.3 Å². The molecule has 0 aliphatic heterocycles. The lowest BCUT2D eigenvalue weighted by molar-refractivity contribution is -0.137. The standard InChI is InChI=1S/C25H26F3N7O2/c1-15-5-6-17(9-23(15)35-14-22(31-32-35)21-13-29-34(4)16(21)2)24(37)30-19-10-18(25(26,27)28)11-20(12-19)33(3)7-8-36/h5-6,9-14,36H,7-8H2,1-4H3,(H,30,37). The first-order valence-corrected chi connectivity index (χ1v) is 11.4. The fourth-order valence-corrected chi connectivity index (χ4v) is 3.80.